The lowest BCUT2D eigenvalue weighted by atomic mass is 10.4. The lowest BCUT2D eigenvalue weighted by Crippen LogP contribution is -2.25. The van der Waals surface area contributed by atoms with E-state index in [0.717, 1.165) is 4.68 Å². The van der Waals surface area contributed by atoms with Crippen molar-refractivity contribution in [2.75, 3.05) is 19.6 Å². The smallest absolute Gasteiger partial charge is 0.426 e. The van der Waals surface area contributed by atoms with Gasteiger partial charge in [-0.1, -0.05) is 11.6 Å². The van der Waals surface area contributed by atoms with Crippen molar-refractivity contribution in [3.63, 3.8) is 0 Å². The van der Waals surface area contributed by atoms with E-state index in [4.69, 9.17) is 11.6 Å². The summed E-state index contributed by atoms with van der Waals surface area (Å²) in [6.45, 7) is 0. The van der Waals surface area contributed by atoms with E-state index < -0.39 is 12.1 Å². The number of ether oxygens (including phenoxy) is 2. The zero-order valence-electron chi connectivity index (χ0n) is 8.11. The number of halogens is 1. The topological polar surface area (TPSA) is 69.6 Å². The van der Waals surface area contributed by atoms with Crippen molar-refractivity contribution in [2.24, 2.45) is 0 Å². The van der Waals surface area contributed by atoms with E-state index in [0.29, 0.717) is 0 Å². The number of carbonyl (C=O) groups is 2. The van der Waals surface area contributed by atoms with E-state index in [1.165, 1.54) is 26.5 Å². The molecule has 15 heavy (non-hydrogen) atoms. The molecule has 0 aromatic carbocycles. The van der Waals surface area contributed by atoms with Crippen LogP contribution in [0.15, 0.2) is 12.3 Å². The van der Waals surface area contributed by atoms with Crippen molar-refractivity contribution in [1.82, 2.24) is 4.68 Å². The molecule has 1 heterocycles. The second-order valence-corrected chi connectivity index (χ2v) is 2.88. The first kappa shape index (κ1) is 11.4. The molecule has 0 aliphatic rings. The highest BCUT2D eigenvalue weighted by atomic mass is 35.5. The van der Waals surface area contributed by atoms with E-state index in [9.17, 15) is 9.59 Å². The average molecular weight is 233 g/mol. The molecule has 0 fully saturated rings. The maximum Gasteiger partial charge on any atom is 0.426 e. The van der Waals surface area contributed by atoms with E-state index in [2.05, 4.69) is 14.9 Å². The van der Waals surface area contributed by atoms with Crippen LogP contribution in [0.3, 0.4) is 0 Å². The van der Waals surface area contributed by atoms with Gasteiger partial charge in [0.1, 0.15) is 0 Å². The van der Waals surface area contributed by atoms with Crippen molar-refractivity contribution < 1.29 is 19.1 Å². The largest absolute Gasteiger partial charge is 0.464 e. The first-order chi connectivity index (χ1) is 7.10. The van der Waals surface area contributed by atoms with E-state index in [1.807, 2.05) is 0 Å². The number of esters is 1. The first-order valence-electron chi connectivity index (χ1n) is 3.90. The third-order valence-corrected chi connectivity index (χ3v) is 1.92. The minimum Gasteiger partial charge on any atom is -0.464 e. The fourth-order valence-electron chi connectivity index (χ4n) is 0.938. The molecule has 0 saturated carbocycles. The Balaban J connectivity index is 2.98. The van der Waals surface area contributed by atoms with E-state index in [-0.39, 0.29) is 10.7 Å². The second-order valence-electron chi connectivity index (χ2n) is 2.48. The van der Waals surface area contributed by atoms with Crippen LogP contribution in [0, 0.1) is 0 Å². The minimum absolute atomic E-state index is 0.0320. The lowest BCUT2D eigenvalue weighted by Gasteiger charge is -2.08. The van der Waals surface area contributed by atoms with Gasteiger partial charge in [0.05, 0.1) is 19.2 Å². The monoisotopic (exact) mass is 232 g/mol. The number of carbonyl (C=O) groups excluding carboxylic acids is 2. The normalized spacial score (nSPS) is 9.53. The summed E-state index contributed by atoms with van der Waals surface area (Å²) in [5.74, 6) is -0.651. The van der Waals surface area contributed by atoms with Gasteiger partial charge in [0.15, 0.2) is 5.69 Å². The standard InChI is InChI=1S/C8H9ClN2O4/c1-14-7(12)6-5(9)3-4-11(6)10-8(13)15-2/h3-4H,1-2H3,(H,10,13). The van der Waals surface area contributed by atoms with Crippen LogP contribution < -0.4 is 5.43 Å². The SMILES string of the molecule is COC(=O)Nn1ccc(Cl)c1C(=O)OC. The molecule has 1 aromatic rings. The van der Waals surface area contributed by atoms with Crippen molar-refractivity contribution in [2.45, 2.75) is 0 Å². The van der Waals surface area contributed by atoms with Gasteiger partial charge in [-0.05, 0) is 6.07 Å². The van der Waals surface area contributed by atoms with Crippen LogP contribution in [0.1, 0.15) is 10.5 Å². The third-order valence-electron chi connectivity index (χ3n) is 1.61. The summed E-state index contributed by atoms with van der Waals surface area (Å²) in [5, 5.41) is 0.179. The molecule has 6 nitrogen and oxygen atoms in total. The van der Waals surface area contributed by atoms with Crippen LogP contribution in [0.25, 0.3) is 0 Å². The highest BCUT2D eigenvalue weighted by molar-refractivity contribution is 6.33. The maximum absolute atomic E-state index is 11.3. The summed E-state index contributed by atoms with van der Waals surface area (Å²) in [5.41, 5.74) is 2.30. The third kappa shape index (κ3) is 2.41. The van der Waals surface area contributed by atoms with E-state index in [1.54, 1.807) is 0 Å². The number of nitrogens with zero attached hydrogens (tertiary/aromatic N) is 1. The summed E-state index contributed by atoms with van der Waals surface area (Å²) in [4.78, 5) is 22.2. The highest BCUT2D eigenvalue weighted by Gasteiger charge is 2.17. The number of rotatable bonds is 2. The summed E-state index contributed by atoms with van der Waals surface area (Å²) >= 11 is 5.73. The Bertz CT molecular complexity index is 388. The Labute approximate surface area is 90.7 Å². The van der Waals surface area contributed by atoms with Crippen molar-refractivity contribution in [3.8, 4) is 0 Å². The molecule has 0 saturated heterocycles. The number of aromatic nitrogens is 1. The Hall–Kier alpha value is -1.69. The number of hydrogen-bond donors (Lipinski definition) is 1. The Morgan fingerprint density at radius 2 is 2.07 bits per heavy atom. The summed E-state index contributed by atoms with van der Waals surface area (Å²) in [7, 11) is 2.42. The fourth-order valence-corrected chi connectivity index (χ4v) is 1.16. The molecule has 0 aliphatic heterocycles. The van der Waals surface area contributed by atoms with Gasteiger partial charge in [-0.2, -0.15) is 0 Å². The predicted octanol–water partition coefficient (Wildman–Crippen LogP) is 1.24. The summed E-state index contributed by atoms with van der Waals surface area (Å²) in [6, 6.07) is 1.45. The van der Waals surface area contributed by atoms with Gasteiger partial charge < -0.3 is 9.47 Å². The molecule has 82 valence electrons. The van der Waals surface area contributed by atoms with Gasteiger partial charge in [-0.25, -0.2) is 19.7 Å². The molecule has 0 radical (unpaired) electrons. The number of hydrogen-bond acceptors (Lipinski definition) is 4. The molecule has 1 rings (SSSR count). The minimum atomic E-state index is -0.715. The van der Waals surface area contributed by atoms with Crippen LogP contribution in [0.5, 0.6) is 0 Å². The van der Waals surface area contributed by atoms with Gasteiger partial charge >= 0.3 is 12.1 Å². The molecule has 0 unspecified atom stereocenters. The van der Waals surface area contributed by atoms with Crippen molar-refractivity contribution in [1.29, 1.82) is 0 Å². The molecule has 1 N–H and O–H groups in total. The molecule has 1 amide bonds. The van der Waals surface area contributed by atoms with Gasteiger partial charge in [0.25, 0.3) is 0 Å². The molecule has 7 heteroatoms. The fraction of sp³-hybridized carbons (Fsp3) is 0.250. The van der Waals surface area contributed by atoms with Crippen LogP contribution in [-0.4, -0.2) is 31.0 Å². The number of methoxy groups -OCH3 is 2. The summed E-state index contributed by atoms with van der Waals surface area (Å²) in [6.07, 6.45) is 0.693. The van der Waals surface area contributed by atoms with Crippen LogP contribution in [0.2, 0.25) is 5.02 Å². The molecular weight excluding hydrogens is 224 g/mol. The Morgan fingerprint density at radius 1 is 1.40 bits per heavy atom. The van der Waals surface area contributed by atoms with Gasteiger partial charge in [0.2, 0.25) is 0 Å². The summed E-state index contributed by atoms with van der Waals surface area (Å²) < 4.78 is 9.99. The Morgan fingerprint density at radius 3 is 2.60 bits per heavy atom. The molecule has 0 atom stereocenters. The zero-order valence-corrected chi connectivity index (χ0v) is 8.87. The van der Waals surface area contributed by atoms with Crippen LogP contribution >= 0.6 is 11.6 Å². The predicted molar refractivity (Wildman–Crippen MR) is 52.5 cm³/mol. The van der Waals surface area contributed by atoms with Gasteiger partial charge in [-0.15, -0.1) is 0 Å². The van der Waals surface area contributed by atoms with Gasteiger partial charge in [0, 0.05) is 6.20 Å². The second kappa shape index (κ2) is 4.70. The van der Waals surface area contributed by atoms with Crippen LogP contribution in [0.4, 0.5) is 4.79 Å². The molecule has 0 spiro atoms. The zero-order chi connectivity index (χ0) is 11.4. The average Bonchev–Trinajstić information content (AvgIpc) is 2.58. The number of amides is 1. The molecule has 1 aromatic heterocycles. The first-order valence-corrected chi connectivity index (χ1v) is 4.28. The molecule has 0 bridgehead atoms. The maximum atomic E-state index is 11.3. The Kier molecular flexibility index (Phi) is 3.56. The molecular formula is C8H9ClN2O4. The highest BCUT2D eigenvalue weighted by Crippen LogP contribution is 2.16. The van der Waals surface area contributed by atoms with Crippen LogP contribution in [-0.2, 0) is 9.47 Å². The van der Waals surface area contributed by atoms with Crippen molar-refractivity contribution in [3.05, 3.63) is 23.0 Å². The van der Waals surface area contributed by atoms with E-state index >= 15 is 0 Å². The lowest BCUT2D eigenvalue weighted by molar-refractivity contribution is 0.0590. The molecule has 0 aliphatic carbocycles. The van der Waals surface area contributed by atoms with Crippen molar-refractivity contribution >= 4 is 23.7 Å². The van der Waals surface area contributed by atoms with Gasteiger partial charge in [-0.3, -0.25) is 0 Å². The number of nitrogens with one attached hydrogen (secondary N) is 1. The quantitative estimate of drug-likeness (QED) is 0.779.